The van der Waals surface area contributed by atoms with Crippen LogP contribution in [0.5, 0.6) is 0 Å². The fourth-order valence-electron chi connectivity index (χ4n) is 1.38. The third-order valence-corrected chi connectivity index (χ3v) is 2.22. The van der Waals surface area contributed by atoms with Gasteiger partial charge in [-0.3, -0.25) is 0 Å². The zero-order valence-corrected chi connectivity index (χ0v) is 9.32. The van der Waals surface area contributed by atoms with Gasteiger partial charge in [0.2, 0.25) is 0 Å². The van der Waals surface area contributed by atoms with Crippen molar-refractivity contribution in [2.45, 2.75) is 26.2 Å². The number of anilines is 1. The largest absolute Gasteiger partial charge is 0.461 e. The quantitative estimate of drug-likeness (QED) is 0.597. The van der Waals surface area contributed by atoms with Gasteiger partial charge in [-0.1, -0.05) is 19.8 Å². The number of carbonyl (C=O) groups is 1. The van der Waals surface area contributed by atoms with Crippen LogP contribution in [0.15, 0.2) is 12.3 Å². The monoisotopic (exact) mass is 210 g/mol. The molecular formula is C11H18N2O2. The van der Waals surface area contributed by atoms with Crippen molar-refractivity contribution >= 4 is 11.7 Å². The van der Waals surface area contributed by atoms with Crippen molar-refractivity contribution < 1.29 is 9.53 Å². The maximum absolute atomic E-state index is 11.5. The Balaban J connectivity index is 2.43. The van der Waals surface area contributed by atoms with Gasteiger partial charge in [0.15, 0.2) is 0 Å². The summed E-state index contributed by atoms with van der Waals surface area (Å²) in [5.41, 5.74) is 6.65. The smallest absolute Gasteiger partial charge is 0.355 e. The van der Waals surface area contributed by atoms with Crippen LogP contribution in [0.1, 0.15) is 36.7 Å². The van der Waals surface area contributed by atoms with Crippen molar-refractivity contribution in [3.05, 3.63) is 18.0 Å². The second-order valence-electron chi connectivity index (χ2n) is 3.61. The SMILES string of the molecule is CCCCCOC(=O)c1cc(N)cn1C. The average molecular weight is 210 g/mol. The van der Waals surface area contributed by atoms with E-state index in [1.54, 1.807) is 23.9 Å². The minimum absolute atomic E-state index is 0.301. The first-order chi connectivity index (χ1) is 7.15. The van der Waals surface area contributed by atoms with E-state index in [9.17, 15) is 4.79 Å². The minimum Gasteiger partial charge on any atom is -0.461 e. The lowest BCUT2D eigenvalue weighted by Crippen LogP contribution is -2.10. The van der Waals surface area contributed by atoms with E-state index in [2.05, 4.69) is 6.92 Å². The molecule has 0 radical (unpaired) electrons. The van der Waals surface area contributed by atoms with Crippen LogP contribution in [-0.2, 0) is 11.8 Å². The number of hydrogen-bond acceptors (Lipinski definition) is 3. The van der Waals surface area contributed by atoms with Gasteiger partial charge in [0.1, 0.15) is 5.69 Å². The Bertz CT molecular complexity index is 331. The number of ether oxygens (including phenoxy) is 1. The highest BCUT2D eigenvalue weighted by Gasteiger charge is 2.11. The number of aromatic nitrogens is 1. The maximum Gasteiger partial charge on any atom is 0.355 e. The first-order valence-corrected chi connectivity index (χ1v) is 5.24. The van der Waals surface area contributed by atoms with E-state index in [0.717, 1.165) is 19.3 Å². The third kappa shape index (κ3) is 3.31. The molecule has 0 aliphatic rings. The zero-order chi connectivity index (χ0) is 11.3. The van der Waals surface area contributed by atoms with E-state index < -0.39 is 0 Å². The second kappa shape index (κ2) is 5.44. The van der Waals surface area contributed by atoms with Gasteiger partial charge < -0.3 is 15.0 Å². The number of hydrogen-bond donors (Lipinski definition) is 1. The number of esters is 1. The summed E-state index contributed by atoms with van der Waals surface area (Å²) >= 11 is 0. The van der Waals surface area contributed by atoms with E-state index in [0.29, 0.717) is 18.0 Å². The normalized spacial score (nSPS) is 10.3. The number of aryl methyl sites for hydroxylation is 1. The van der Waals surface area contributed by atoms with Gasteiger partial charge >= 0.3 is 5.97 Å². The molecule has 0 fully saturated rings. The molecule has 0 bridgehead atoms. The van der Waals surface area contributed by atoms with Crippen LogP contribution in [0.3, 0.4) is 0 Å². The first kappa shape index (κ1) is 11.6. The summed E-state index contributed by atoms with van der Waals surface area (Å²) in [5, 5.41) is 0. The van der Waals surface area contributed by atoms with Crippen molar-refractivity contribution in [1.29, 1.82) is 0 Å². The van der Waals surface area contributed by atoms with Gasteiger partial charge in [-0.2, -0.15) is 0 Å². The average Bonchev–Trinajstić information content (AvgIpc) is 2.52. The maximum atomic E-state index is 11.5. The molecule has 0 saturated carbocycles. The predicted octanol–water partition coefficient (Wildman–Crippen LogP) is 1.95. The summed E-state index contributed by atoms with van der Waals surface area (Å²) in [6, 6.07) is 1.63. The molecule has 1 rings (SSSR count). The molecule has 0 spiro atoms. The van der Waals surface area contributed by atoms with E-state index in [1.807, 2.05) is 0 Å². The number of nitrogens with two attached hydrogens (primary N) is 1. The molecule has 1 heterocycles. The Morgan fingerprint density at radius 3 is 2.80 bits per heavy atom. The van der Waals surface area contributed by atoms with Crippen LogP contribution in [0.2, 0.25) is 0 Å². The summed E-state index contributed by atoms with van der Waals surface area (Å²) in [7, 11) is 1.78. The molecule has 15 heavy (non-hydrogen) atoms. The number of nitrogen functional groups attached to an aromatic ring is 1. The van der Waals surface area contributed by atoms with Crippen LogP contribution < -0.4 is 5.73 Å². The summed E-state index contributed by atoms with van der Waals surface area (Å²) in [4.78, 5) is 11.5. The Hall–Kier alpha value is -1.45. The third-order valence-electron chi connectivity index (χ3n) is 2.22. The van der Waals surface area contributed by atoms with E-state index in [4.69, 9.17) is 10.5 Å². The van der Waals surface area contributed by atoms with Crippen LogP contribution in [0, 0.1) is 0 Å². The molecule has 1 aromatic rings. The van der Waals surface area contributed by atoms with E-state index in [-0.39, 0.29) is 5.97 Å². The van der Waals surface area contributed by atoms with Crippen molar-refractivity contribution in [2.24, 2.45) is 7.05 Å². The van der Waals surface area contributed by atoms with Crippen molar-refractivity contribution in [2.75, 3.05) is 12.3 Å². The van der Waals surface area contributed by atoms with Gasteiger partial charge in [-0.05, 0) is 12.5 Å². The number of nitrogens with zero attached hydrogens (tertiary/aromatic N) is 1. The molecule has 0 aliphatic carbocycles. The van der Waals surface area contributed by atoms with Crippen molar-refractivity contribution in [1.82, 2.24) is 4.57 Å². The highest BCUT2D eigenvalue weighted by molar-refractivity contribution is 5.89. The van der Waals surface area contributed by atoms with Crippen molar-refractivity contribution in [3.8, 4) is 0 Å². The fraction of sp³-hybridized carbons (Fsp3) is 0.545. The first-order valence-electron chi connectivity index (χ1n) is 5.24. The predicted molar refractivity (Wildman–Crippen MR) is 59.6 cm³/mol. The van der Waals surface area contributed by atoms with Crippen LogP contribution >= 0.6 is 0 Å². The van der Waals surface area contributed by atoms with Gasteiger partial charge in [-0.25, -0.2) is 4.79 Å². The number of rotatable bonds is 5. The van der Waals surface area contributed by atoms with Crippen LogP contribution in [0.4, 0.5) is 5.69 Å². The molecule has 0 unspecified atom stereocenters. The zero-order valence-electron chi connectivity index (χ0n) is 9.32. The minimum atomic E-state index is -0.301. The molecule has 1 aromatic heterocycles. The summed E-state index contributed by atoms with van der Waals surface area (Å²) < 4.78 is 6.79. The Kier molecular flexibility index (Phi) is 4.21. The summed E-state index contributed by atoms with van der Waals surface area (Å²) in [6.07, 6.45) is 4.82. The molecule has 0 atom stereocenters. The molecule has 0 aliphatic heterocycles. The fourth-order valence-corrected chi connectivity index (χ4v) is 1.38. The highest BCUT2D eigenvalue weighted by atomic mass is 16.5. The summed E-state index contributed by atoms with van der Waals surface area (Å²) in [5.74, 6) is -0.301. The van der Waals surface area contributed by atoms with Gasteiger partial charge in [0, 0.05) is 13.2 Å². The Labute approximate surface area is 90.0 Å². The lowest BCUT2D eigenvalue weighted by Gasteiger charge is -2.04. The molecule has 0 saturated heterocycles. The van der Waals surface area contributed by atoms with Gasteiger partial charge in [-0.15, -0.1) is 0 Å². The molecule has 0 amide bonds. The standard InChI is InChI=1S/C11H18N2O2/c1-3-4-5-6-15-11(14)10-7-9(12)8-13(10)2/h7-8H,3-6,12H2,1-2H3. The Morgan fingerprint density at radius 2 is 2.27 bits per heavy atom. The molecule has 4 nitrogen and oxygen atoms in total. The molecule has 84 valence electrons. The van der Waals surface area contributed by atoms with E-state index >= 15 is 0 Å². The lowest BCUT2D eigenvalue weighted by molar-refractivity contribution is 0.0487. The van der Waals surface area contributed by atoms with Gasteiger partial charge in [0.25, 0.3) is 0 Å². The number of carbonyl (C=O) groups excluding carboxylic acids is 1. The molecular weight excluding hydrogens is 192 g/mol. The molecule has 2 N–H and O–H groups in total. The van der Waals surface area contributed by atoms with Crippen LogP contribution in [0.25, 0.3) is 0 Å². The second-order valence-corrected chi connectivity index (χ2v) is 3.61. The van der Waals surface area contributed by atoms with Crippen molar-refractivity contribution in [3.63, 3.8) is 0 Å². The Morgan fingerprint density at radius 1 is 1.53 bits per heavy atom. The lowest BCUT2D eigenvalue weighted by atomic mass is 10.3. The molecule has 0 aromatic carbocycles. The topological polar surface area (TPSA) is 57.2 Å². The van der Waals surface area contributed by atoms with Crippen LogP contribution in [-0.4, -0.2) is 17.1 Å². The van der Waals surface area contributed by atoms with Gasteiger partial charge in [0.05, 0.1) is 12.3 Å². The summed E-state index contributed by atoms with van der Waals surface area (Å²) in [6.45, 7) is 2.59. The molecule has 4 heteroatoms. The highest BCUT2D eigenvalue weighted by Crippen LogP contribution is 2.10. The van der Waals surface area contributed by atoms with E-state index in [1.165, 1.54) is 0 Å². The number of unbranched alkanes of at least 4 members (excludes halogenated alkanes) is 2.